The van der Waals surface area contributed by atoms with Gasteiger partial charge >= 0.3 is 5.97 Å². The number of ether oxygens (including phenoxy) is 2. The number of rotatable bonds is 7. The topological polar surface area (TPSA) is 110 Å². The maximum Gasteiger partial charge on any atom is 0.341 e. The van der Waals surface area contributed by atoms with Crippen molar-refractivity contribution >= 4 is 40.7 Å². The molecule has 0 saturated carbocycles. The third-order valence-corrected chi connectivity index (χ3v) is 3.72. The molecule has 25 heavy (non-hydrogen) atoms. The van der Waals surface area contributed by atoms with Gasteiger partial charge in [0.1, 0.15) is 0 Å². The first-order chi connectivity index (χ1) is 12.0. The van der Waals surface area contributed by atoms with E-state index in [9.17, 15) is 9.59 Å². The standard InChI is InChI=1S/C16H14IN3O5/c1-24-13-7-10(6-12(17)15(13)25-9-14(21)22)8-19-20-16(23)11-2-4-18-5-3-11/h2-8H,9H2,1H3,(H,20,23)(H,21,22)/b19-8+. The van der Waals surface area contributed by atoms with E-state index in [1.54, 1.807) is 24.3 Å². The van der Waals surface area contributed by atoms with Gasteiger partial charge in [0, 0.05) is 18.0 Å². The van der Waals surface area contributed by atoms with Crippen molar-refractivity contribution in [3.63, 3.8) is 0 Å². The van der Waals surface area contributed by atoms with E-state index >= 15 is 0 Å². The zero-order valence-electron chi connectivity index (χ0n) is 13.1. The molecule has 1 amide bonds. The minimum Gasteiger partial charge on any atom is -0.493 e. The summed E-state index contributed by atoms with van der Waals surface area (Å²) in [7, 11) is 1.45. The molecular weight excluding hydrogens is 441 g/mol. The summed E-state index contributed by atoms with van der Waals surface area (Å²) in [6.45, 7) is -0.470. The lowest BCUT2D eigenvalue weighted by atomic mass is 10.2. The fourth-order valence-electron chi connectivity index (χ4n) is 1.82. The number of hydrogen-bond acceptors (Lipinski definition) is 6. The molecule has 0 aliphatic carbocycles. The predicted octanol–water partition coefficient (Wildman–Crippen LogP) is 1.92. The Morgan fingerprint density at radius 2 is 2.08 bits per heavy atom. The number of aliphatic carboxylic acids is 1. The number of carboxylic acid groups (broad SMARTS) is 1. The van der Waals surface area contributed by atoms with E-state index in [-0.39, 0.29) is 5.91 Å². The molecule has 1 aromatic heterocycles. The Labute approximate surface area is 157 Å². The molecule has 0 fully saturated rings. The molecule has 1 aromatic carbocycles. The molecule has 0 saturated heterocycles. The van der Waals surface area contributed by atoms with E-state index in [1.807, 2.05) is 22.6 Å². The lowest BCUT2D eigenvalue weighted by molar-refractivity contribution is -0.139. The second kappa shape index (κ2) is 8.97. The van der Waals surface area contributed by atoms with Crippen LogP contribution in [0.1, 0.15) is 15.9 Å². The number of halogens is 1. The summed E-state index contributed by atoms with van der Waals surface area (Å²) >= 11 is 2.00. The Balaban J connectivity index is 2.10. The third kappa shape index (κ3) is 5.41. The summed E-state index contributed by atoms with van der Waals surface area (Å²) in [5, 5.41) is 12.6. The van der Waals surface area contributed by atoms with Crippen LogP contribution in [-0.4, -0.2) is 41.9 Å². The highest BCUT2D eigenvalue weighted by Gasteiger charge is 2.12. The molecule has 0 radical (unpaired) electrons. The number of benzene rings is 1. The van der Waals surface area contributed by atoms with Crippen molar-refractivity contribution < 1.29 is 24.2 Å². The number of aromatic nitrogens is 1. The first kappa shape index (κ1) is 18.6. The summed E-state index contributed by atoms with van der Waals surface area (Å²) in [6.07, 6.45) is 4.48. The average molecular weight is 455 g/mol. The number of carbonyl (C=O) groups excluding carboxylic acids is 1. The van der Waals surface area contributed by atoms with Gasteiger partial charge in [0.25, 0.3) is 5.91 Å². The van der Waals surface area contributed by atoms with E-state index < -0.39 is 12.6 Å². The van der Waals surface area contributed by atoms with Gasteiger partial charge in [0.05, 0.1) is 16.9 Å². The van der Waals surface area contributed by atoms with Crippen molar-refractivity contribution in [2.75, 3.05) is 13.7 Å². The molecule has 0 aliphatic heterocycles. The van der Waals surface area contributed by atoms with Gasteiger partial charge in [-0.3, -0.25) is 9.78 Å². The first-order valence-electron chi connectivity index (χ1n) is 6.97. The summed E-state index contributed by atoms with van der Waals surface area (Å²) in [6, 6.07) is 6.50. The predicted molar refractivity (Wildman–Crippen MR) is 98.1 cm³/mol. The van der Waals surface area contributed by atoms with Gasteiger partial charge in [0.2, 0.25) is 0 Å². The zero-order valence-corrected chi connectivity index (χ0v) is 15.3. The fraction of sp³-hybridized carbons (Fsp3) is 0.125. The highest BCUT2D eigenvalue weighted by Crippen LogP contribution is 2.33. The van der Waals surface area contributed by atoms with Gasteiger partial charge in [-0.25, -0.2) is 10.2 Å². The Morgan fingerprint density at radius 3 is 2.72 bits per heavy atom. The second-order valence-electron chi connectivity index (χ2n) is 4.65. The quantitative estimate of drug-likeness (QED) is 0.375. The van der Waals surface area contributed by atoms with Crippen molar-refractivity contribution in [3.05, 3.63) is 51.4 Å². The van der Waals surface area contributed by atoms with Crippen LogP contribution in [0.15, 0.2) is 41.8 Å². The molecule has 8 nitrogen and oxygen atoms in total. The van der Waals surface area contributed by atoms with E-state index in [4.69, 9.17) is 14.6 Å². The third-order valence-electron chi connectivity index (χ3n) is 2.91. The Morgan fingerprint density at radius 1 is 1.36 bits per heavy atom. The minimum absolute atomic E-state index is 0.337. The van der Waals surface area contributed by atoms with Crippen molar-refractivity contribution in [2.24, 2.45) is 5.10 Å². The summed E-state index contributed by atoms with van der Waals surface area (Å²) in [4.78, 5) is 26.3. The van der Waals surface area contributed by atoms with Crippen LogP contribution in [0.3, 0.4) is 0 Å². The van der Waals surface area contributed by atoms with Gasteiger partial charge in [-0.05, 0) is 52.4 Å². The SMILES string of the molecule is COc1cc(/C=N/NC(=O)c2ccncc2)cc(I)c1OCC(=O)O. The van der Waals surface area contributed by atoms with Crippen molar-refractivity contribution in [3.8, 4) is 11.5 Å². The molecule has 2 N–H and O–H groups in total. The number of carboxylic acids is 1. The highest BCUT2D eigenvalue weighted by atomic mass is 127. The number of nitrogens with one attached hydrogen (secondary N) is 1. The Kier molecular flexibility index (Phi) is 6.69. The van der Waals surface area contributed by atoms with Gasteiger partial charge in [-0.15, -0.1) is 0 Å². The van der Waals surface area contributed by atoms with Crippen LogP contribution in [0, 0.1) is 3.57 Å². The molecule has 0 bridgehead atoms. The largest absolute Gasteiger partial charge is 0.493 e. The van der Waals surface area contributed by atoms with Gasteiger partial charge in [-0.2, -0.15) is 5.10 Å². The smallest absolute Gasteiger partial charge is 0.341 e. The number of pyridine rings is 1. The summed E-state index contributed by atoms with van der Waals surface area (Å²) in [5.41, 5.74) is 3.50. The normalized spacial score (nSPS) is 10.5. The molecule has 0 atom stereocenters. The van der Waals surface area contributed by atoms with Gasteiger partial charge in [-0.1, -0.05) is 0 Å². The molecule has 9 heteroatoms. The number of hydrazone groups is 1. The molecule has 2 rings (SSSR count). The van der Waals surface area contributed by atoms with E-state index in [1.165, 1.54) is 25.7 Å². The van der Waals surface area contributed by atoms with Crippen LogP contribution in [0.2, 0.25) is 0 Å². The molecule has 1 heterocycles. The second-order valence-corrected chi connectivity index (χ2v) is 5.81. The molecule has 130 valence electrons. The number of methoxy groups -OCH3 is 1. The number of hydrogen-bond donors (Lipinski definition) is 2. The average Bonchev–Trinajstić information content (AvgIpc) is 2.60. The van der Waals surface area contributed by atoms with Gasteiger partial charge in [0.15, 0.2) is 18.1 Å². The van der Waals surface area contributed by atoms with E-state index in [2.05, 4.69) is 15.5 Å². The van der Waals surface area contributed by atoms with E-state index in [0.717, 1.165) is 0 Å². The number of carbonyl (C=O) groups is 2. The Hall–Kier alpha value is -2.69. The Bertz CT molecular complexity index is 796. The molecular formula is C16H14IN3O5. The molecule has 0 spiro atoms. The molecule has 0 unspecified atom stereocenters. The number of nitrogens with zero attached hydrogens (tertiary/aromatic N) is 2. The van der Waals surface area contributed by atoms with Gasteiger partial charge < -0.3 is 14.6 Å². The van der Waals surface area contributed by atoms with Crippen molar-refractivity contribution in [2.45, 2.75) is 0 Å². The maximum absolute atomic E-state index is 11.9. The number of amides is 1. The van der Waals surface area contributed by atoms with Crippen LogP contribution in [0.5, 0.6) is 11.5 Å². The molecule has 2 aromatic rings. The lowest BCUT2D eigenvalue weighted by Crippen LogP contribution is -2.17. The van der Waals surface area contributed by atoms with E-state index in [0.29, 0.717) is 26.2 Å². The molecule has 0 aliphatic rings. The van der Waals surface area contributed by atoms with Crippen molar-refractivity contribution in [1.82, 2.24) is 10.4 Å². The maximum atomic E-state index is 11.9. The van der Waals surface area contributed by atoms with Crippen LogP contribution >= 0.6 is 22.6 Å². The van der Waals surface area contributed by atoms with Crippen LogP contribution < -0.4 is 14.9 Å². The minimum atomic E-state index is -1.08. The fourth-order valence-corrected chi connectivity index (χ4v) is 2.60. The van der Waals surface area contributed by atoms with Crippen LogP contribution in [0.4, 0.5) is 0 Å². The van der Waals surface area contributed by atoms with Crippen molar-refractivity contribution in [1.29, 1.82) is 0 Å². The van der Waals surface area contributed by atoms with Crippen LogP contribution in [-0.2, 0) is 4.79 Å². The lowest BCUT2D eigenvalue weighted by Gasteiger charge is -2.12. The summed E-state index contributed by atoms with van der Waals surface area (Å²) < 4.78 is 11.1. The highest BCUT2D eigenvalue weighted by molar-refractivity contribution is 14.1. The monoisotopic (exact) mass is 455 g/mol. The first-order valence-corrected chi connectivity index (χ1v) is 8.04. The summed E-state index contributed by atoms with van der Waals surface area (Å²) in [5.74, 6) is -0.734. The zero-order chi connectivity index (χ0) is 18.2. The van der Waals surface area contributed by atoms with Crippen LogP contribution in [0.25, 0.3) is 0 Å².